The van der Waals surface area contributed by atoms with Crippen LogP contribution in [0.4, 0.5) is 0 Å². The van der Waals surface area contributed by atoms with Crippen LogP contribution in [0.3, 0.4) is 0 Å². The highest BCUT2D eigenvalue weighted by Gasteiger charge is 2.23. The molecule has 3 rings (SSSR count). The molecule has 0 aliphatic carbocycles. The number of halogens is 1. The average Bonchev–Trinajstić information content (AvgIpc) is 2.52. The van der Waals surface area contributed by atoms with Crippen LogP contribution in [-0.2, 0) is 0 Å². The maximum Gasteiger partial charge on any atom is 0.196 e. The van der Waals surface area contributed by atoms with E-state index >= 15 is 0 Å². The zero-order chi connectivity index (χ0) is 14.8. The van der Waals surface area contributed by atoms with Crippen LogP contribution in [-0.4, -0.2) is 19.5 Å². The van der Waals surface area contributed by atoms with Crippen molar-refractivity contribution in [2.24, 2.45) is 0 Å². The predicted octanol–water partition coefficient (Wildman–Crippen LogP) is 4.12. The first-order valence-corrected chi connectivity index (χ1v) is 7.28. The Morgan fingerprint density at radius 3 is 2.67 bits per heavy atom. The zero-order valence-corrected chi connectivity index (χ0v) is 13.0. The Morgan fingerprint density at radius 2 is 1.95 bits per heavy atom. The van der Waals surface area contributed by atoms with E-state index in [1.165, 1.54) is 0 Å². The van der Waals surface area contributed by atoms with Crippen molar-refractivity contribution in [2.75, 3.05) is 13.7 Å². The number of rotatable bonds is 2. The van der Waals surface area contributed by atoms with Crippen molar-refractivity contribution in [3.05, 3.63) is 63.6 Å². The smallest absolute Gasteiger partial charge is 0.196 e. The number of Topliss-reactive ketones (excluding diaryl/α,β-unsaturated/α-hetero) is 1. The second-order valence-electron chi connectivity index (χ2n) is 4.70. The van der Waals surface area contributed by atoms with Crippen LogP contribution in [0.1, 0.15) is 15.9 Å². The van der Waals surface area contributed by atoms with E-state index < -0.39 is 0 Å². The molecule has 0 saturated heterocycles. The van der Waals surface area contributed by atoms with E-state index in [0.717, 1.165) is 10.0 Å². The lowest BCUT2D eigenvalue weighted by Crippen LogP contribution is -2.19. The SMILES string of the molecule is COc1ccc2c(c1)C(=O)/C(=C/c1ccc(Br)cc1)CO2. The third-order valence-corrected chi connectivity index (χ3v) is 3.85. The van der Waals surface area contributed by atoms with Crippen molar-refractivity contribution in [1.29, 1.82) is 0 Å². The van der Waals surface area contributed by atoms with Crippen LogP contribution in [0.15, 0.2) is 52.5 Å². The van der Waals surface area contributed by atoms with Gasteiger partial charge in [0.1, 0.15) is 18.1 Å². The number of fused-ring (bicyclic) bond motifs is 1. The van der Waals surface area contributed by atoms with Gasteiger partial charge in [-0.3, -0.25) is 4.79 Å². The molecular formula is C17H13BrO3. The number of hydrogen-bond acceptors (Lipinski definition) is 3. The van der Waals surface area contributed by atoms with Crippen LogP contribution in [0.2, 0.25) is 0 Å². The van der Waals surface area contributed by atoms with E-state index in [4.69, 9.17) is 9.47 Å². The fourth-order valence-electron chi connectivity index (χ4n) is 2.20. The largest absolute Gasteiger partial charge is 0.497 e. The molecular weight excluding hydrogens is 332 g/mol. The van der Waals surface area contributed by atoms with E-state index in [1.807, 2.05) is 30.3 Å². The summed E-state index contributed by atoms with van der Waals surface area (Å²) in [4.78, 5) is 12.5. The van der Waals surface area contributed by atoms with Crippen molar-refractivity contribution < 1.29 is 14.3 Å². The highest BCUT2D eigenvalue weighted by Crippen LogP contribution is 2.31. The lowest BCUT2D eigenvalue weighted by molar-refractivity contribution is 0.100. The molecule has 0 atom stereocenters. The van der Waals surface area contributed by atoms with Gasteiger partial charge in [0.15, 0.2) is 5.78 Å². The van der Waals surface area contributed by atoms with Crippen LogP contribution in [0.5, 0.6) is 11.5 Å². The number of methoxy groups -OCH3 is 1. The van der Waals surface area contributed by atoms with E-state index in [-0.39, 0.29) is 12.4 Å². The lowest BCUT2D eigenvalue weighted by atomic mass is 9.98. The Labute approximate surface area is 131 Å². The Kier molecular flexibility index (Phi) is 3.80. The molecule has 0 N–H and O–H groups in total. The topological polar surface area (TPSA) is 35.5 Å². The maximum absolute atomic E-state index is 12.5. The third kappa shape index (κ3) is 2.85. The first kappa shape index (κ1) is 13.9. The number of ketones is 1. The molecule has 1 aliphatic heterocycles. The van der Waals surface area contributed by atoms with Crippen molar-refractivity contribution in [3.63, 3.8) is 0 Å². The van der Waals surface area contributed by atoms with Gasteiger partial charge in [-0.05, 0) is 42.0 Å². The highest BCUT2D eigenvalue weighted by atomic mass is 79.9. The predicted molar refractivity (Wildman–Crippen MR) is 84.9 cm³/mol. The number of benzene rings is 2. The molecule has 106 valence electrons. The summed E-state index contributed by atoms with van der Waals surface area (Å²) in [5, 5.41) is 0. The van der Waals surface area contributed by atoms with Gasteiger partial charge in [0.05, 0.1) is 12.7 Å². The minimum Gasteiger partial charge on any atom is -0.497 e. The lowest BCUT2D eigenvalue weighted by Gasteiger charge is -2.19. The van der Waals surface area contributed by atoms with Crippen molar-refractivity contribution in [3.8, 4) is 11.5 Å². The number of hydrogen-bond donors (Lipinski definition) is 0. The van der Waals surface area contributed by atoms with Crippen molar-refractivity contribution >= 4 is 27.8 Å². The molecule has 0 saturated carbocycles. The van der Waals surface area contributed by atoms with Gasteiger partial charge < -0.3 is 9.47 Å². The third-order valence-electron chi connectivity index (χ3n) is 3.32. The van der Waals surface area contributed by atoms with Gasteiger partial charge in [-0.15, -0.1) is 0 Å². The van der Waals surface area contributed by atoms with Gasteiger partial charge in [0.2, 0.25) is 0 Å². The summed E-state index contributed by atoms with van der Waals surface area (Å²) in [6.45, 7) is 0.286. The quantitative estimate of drug-likeness (QED) is 0.769. The van der Waals surface area contributed by atoms with Gasteiger partial charge in [-0.25, -0.2) is 0 Å². The molecule has 3 nitrogen and oxygen atoms in total. The number of ether oxygens (including phenoxy) is 2. The zero-order valence-electron chi connectivity index (χ0n) is 11.4. The van der Waals surface area contributed by atoms with Gasteiger partial charge in [-0.2, -0.15) is 0 Å². The number of carbonyl (C=O) groups is 1. The summed E-state index contributed by atoms with van der Waals surface area (Å²) in [5.74, 6) is 1.24. The Bertz CT molecular complexity index is 717. The molecule has 0 fully saturated rings. The van der Waals surface area contributed by atoms with Crippen molar-refractivity contribution in [2.45, 2.75) is 0 Å². The second-order valence-corrected chi connectivity index (χ2v) is 5.62. The van der Waals surface area contributed by atoms with Gasteiger partial charge in [0, 0.05) is 10.0 Å². The molecule has 4 heteroatoms. The van der Waals surface area contributed by atoms with E-state index in [0.29, 0.717) is 22.6 Å². The molecule has 0 amide bonds. The van der Waals surface area contributed by atoms with Gasteiger partial charge in [-0.1, -0.05) is 28.1 Å². The molecule has 0 spiro atoms. The molecule has 2 aromatic carbocycles. The van der Waals surface area contributed by atoms with Crippen LogP contribution < -0.4 is 9.47 Å². The molecule has 0 bridgehead atoms. The first-order chi connectivity index (χ1) is 10.2. The normalized spacial score (nSPS) is 15.5. The molecule has 21 heavy (non-hydrogen) atoms. The molecule has 0 aromatic heterocycles. The first-order valence-electron chi connectivity index (χ1n) is 6.49. The molecule has 0 radical (unpaired) electrons. The summed E-state index contributed by atoms with van der Waals surface area (Å²) in [7, 11) is 1.58. The minimum absolute atomic E-state index is 0.0157. The molecule has 2 aromatic rings. The van der Waals surface area contributed by atoms with Crippen LogP contribution >= 0.6 is 15.9 Å². The summed E-state index contributed by atoms with van der Waals surface area (Å²) in [6, 6.07) is 13.1. The summed E-state index contributed by atoms with van der Waals surface area (Å²) in [6.07, 6.45) is 1.86. The Hall–Kier alpha value is -2.07. The molecule has 1 heterocycles. The summed E-state index contributed by atoms with van der Waals surface area (Å²) < 4.78 is 11.8. The van der Waals surface area contributed by atoms with Crippen molar-refractivity contribution in [1.82, 2.24) is 0 Å². The van der Waals surface area contributed by atoms with Gasteiger partial charge >= 0.3 is 0 Å². The minimum atomic E-state index is -0.0157. The van der Waals surface area contributed by atoms with Crippen LogP contribution in [0, 0.1) is 0 Å². The van der Waals surface area contributed by atoms with E-state index in [1.54, 1.807) is 25.3 Å². The van der Waals surface area contributed by atoms with E-state index in [9.17, 15) is 4.79 Å². The maximum atomic E-state index is 12.5. The fourth-order valence-corrected chi connectivity index (χ4v) is 2.47. The Morgan fingerprint density at radius 1 is 1.19 bits per heavy atom. The Balaban J connectivity index is 1.96. The highest BCUT2D eigenvalue weighted by molar-refractivity contribution is 9.10. The van der Waals surface area contributed by atoms with E-state index in [2.05, 4.69) is 15.9 Å². The molecule has 0 unspecified atom stereocenters. The number of carbonyl (C=O) groups excluding carboxylic acids is 1. The van der Waals surface area contributed by atoms with Crippen LogP contribution in [0.25, 0.3) is 6.08 Å². The monoisotopic (exact) mass is 344 g/mol. The average molecular weight is 345 g/mol. The second kappa shape index (κ2) is 5.74. The fraction of sp³-hybridized carbons (Fsp3) is 0.118. The summed E-state index contributed by atoms with van der Waals surface area (Å²) >= 11 is 3.39. The standard InChI is InChI=1S/C17H13BrO3/c1-20-14-6-7-16-15(9-14)17(19)12(10-21-16)8-11-2-4-13(18)5-3-11/h2-9H,10H2,1H3/b12-8+. The summed E-state index contributed by atoms with van der Waals surface area (Å²) in [5.41, 5.74) is 2.15. The molecule has 1 aliphatic rings. The van der Waals surface area contributed by atoms with Gasteiger partial charge in [0.25, 0.3) is 0 Å².